The molecule has 0 amide bonds. The number of hydrazine groups is 1. The van der Waals surface area contributed by atoms with Gasteiger partial charge in [0.25, 0.3) is 0 Å². The zero-order valence-corrected chi connectivity index (χ0v) is 11.5. The molecule has 1 aliphatic rings. The molecule has 1 atom stereocenters. The molecule has 0 spiro atoms. The summed E-state index contributed by atoms with van der Waals surface area (Å²) in [6.07, 6.45) is 5.24. The van der Waals surface area contributed by atoms with Crippen LogP contribution in [-0.4, -0.2) is 30.1 Å². The fraction of sp³-hybridized carbons (Fsp3) is 0.583. The van der Waals surface area contributed by atoms with Crippen LogP contribution in [0.4, 0.5) is 4.39 Å². The van der Waals surface area contributed by atoms with Gasteiger partial charge < -0.3 is 0 Å². The number of aromatic nitrogens is 1. The average Bonchev–Trinajstić information content (AvgIpc) is 2.58. The highest BCUT2D eigenvalue weighted by molar-refractivity contribution is 9.10. The van der Waals surface area contributed by atoms with Crippen molar-refractivity contribution in [3.63, 3.8) is 0 Å². The molecule has 94 valence electrons. The van der Waals surface area contributed by atoms with Crippen LogP contribution >= 0.6 is 15.9 Å². The first-order chi connectivity index (χ1) is 8.20. The van der Waals surface area contributed by atoms with Crippen molar-refractivity contribution in [1.82, 2.24) is 15.4 Å². The summed E-state index contributed by atoms with van der Waals surface area (Å²) in [5.74, 6) is 0.0859. The van der Waals surface area contributed by atoms with Crippen LogP contribution in [0.15, 0.2) is 16.9 Å². The number of nitrogens with zero attached hydrogens (tertiary/aromatic N) is 2. The Morgan fingerprint density at radius 1 is 1.53 bits per heavy atom. The van der Waals surface area contributed by atoms with Crippen LogP contribution in [0.3, 0.4) is 0 Å². The lowest BCUT2D eigenvalue weighted by Crippen LogP contribution is -2.37. The van der Waals surface area contributed by atoms with Crippen molar-refractivity contribution in [2.75, 3.05) is 20.1 Å². The predicted octanol–water partition coefficient (Wildman–Crippen LogP) is 2.69. The Hall–Kier alpha value is -0.520. The molecule has 1 aromatic heterocycles. The van der Waals surface area contributed by atoms with E-state index in [1.54, 1.807) is 12.3 Å². The largest absolute Gasteiger partial charge is 0.258 e. The molecule has 1 N–H and O–H groups in total. The number of halogens is 2. The molecular formula is C12H17BrFN3. The number of hydrogen-bond acceptors (Lipinski definition) is 3. The third-order valence-electron chi connectivity index (χ3n) is 3.28. The summed E-state index contributed by atoms with van der Waals surface area (Å²) in [5, 5.41) is 2.19. The van der Waals surface area contributed by atoms with Crippen LogP contribution in [0.5, 0.6) is 0 Å². The van der Waals surface area contributed by atoms with E-state index in [1.807, 2.05) is 7.05 Å². The molecule has 1 aromatic rings. The minimum Gasteiger partial charge on any atom is -0.258 e. The summed E-state index contributed by atoms with van der Waals surface area (Å²) >= 11 is 3.09. The summed E-state index contributed by atoms with van der Waals surface area (Å²) < 4.78 is 13.8. The molecule has 1 saturated heterocycles. The van der Waals surface area contributed by atoms with Crippen LogP contribution < -0.4 is 5.43 Å². The molecule has 0 bridgehead atoms. The first-order valence-corrected chi connectivity index (χ1v) is 6.73. The van der Waals surface area contributed by atoms with Crippen molar-refractivity contribution in [3.8, 4) is 0 Å². The molecule has 0 unspecified atom stereocenters. The molecule has 0 aliphatic carbocycles. The quantitative estimate of drug-likeness (QED) is 0.851. The van der Waals surface area contributed by atoms with Gasteiger partial charge in [0.1, 0.15) is 4.60 Å². The van der Waals surface area contributed by atoms with Crippen LogP contribution in [0.25, 0.3) is 0 Å². The highest BCUT2D eigenvalue weighted by Crippen LogP contribution is 2.27. The molecular weight excluding hydrogens is 285 g/mol. The maximum atomic E-state index is 13.5. The summed E-state index contributed by atoms with van der Waals surface area (Å²) in [5.41, 5.74) is 4.17. The molecule has 17 heavy (non-hydrogen) atoms. The van der Waals surface area contributed by atoms with Crippen LogP contribution in [0.1, 0.15) is 30.7 Å². The van der Waals surface area contributed by atoms with E-state index in [9.17, 15) is 4.39 Å². The minimum atomic E-state index is -0.275. The third kappa shape index (κ3) is 3.24. The fourth-order valence-corrected chi connectivity index (χ4v) is 2.49. The van der Waals surface area contributed by atoms with Gasteiger partial charge in [-0.05, 0) is 53.4 Å². The number of pyridine rings is 1. The van der Waals surface area contributed by atoms with Gasteiger partial charge in [-0.2, -0.15) is 0 Å². The Morgan fingerprint density at radius 2 is 2.35 bits per heavy atom. The second-order valence-electron chi connectivity index (χ2n) is 4.40. The van der Waals surface area contributed by atoms with Gasteiger partial charge in [-0.3, -0.25) is 5.43 Å². The summed E-state index contributed by atoms with van der Waals surface area (Å²) in [6.45, 7) is 1.97. The van der Waals surface area contributed by atoms with Gasteiger partial charge in [0.15, 0.2) is 5.82 Å². The highest BCUT2D eigenvalue weighted by atomic mass is 79.9. The van der Waals surface area contributed by atoms with E-state index in [2.05, 4.69) is 31.3 Å². The lowest BCUT2D eigenvalue weighted by atomic mass is 9.96. The van der Waals surface area contributed by atoms with E-state index in [4.69, 9.17) is 0 Å². The second kappa shape index (κ2) is 5.89. The first-order valence-electron chi connectivity index (χ1n) is 5.94. The topological polar surface area (TPSA) is 28.2 Å². The van der Waals surface area contributed by atoms with Crippen LogP contribution in [0, 0.1) is 5.82 Å². The maximum absolute atomic E-state index is 13.5. The Morgan fingerprint density at radius 3 is 3.06 bits per heavy atom. The van der Waals surface area contributed by atoms with Crippen molar-refractivity contribution in [1.29, 1.82) is 0 Å². The van der Waals surface area contributed by atoms with E-state index < -0.39 is 0 Å². The summed E-state index contributed by atoms with van der Waals surface area (Å²) in [7, 11) is 1.93. The fourth-order valence-electron chi connectivity index (χ4n) is 2.28. The van der Waals surface area contributed by atoms with Gasteiger partial charge in [-0.15, -0.1) is 0 Å². The smallest absolute Gasteiger partial charge is 0.156 e. The lowest BCUT2D eigenvalue weighted by Gasteiger charge is -2.23. The molecule has 3 nitrogen and oxygen atoms in total. The first kappa shape index (κ1) is 12.9. The Labute approximate surface area is 110 Å². The van der Waals surface area contributed by atoms with E-state index in [0.717, 1.165) is 25.1 Å². The SMILES string of the molecule is CNN1CCCC[C@H](c2cnc(Br)c(F)c2)C1. The Balaban J connectivity index is 2.16. The molecule has 0 saturated carbocycles. The monoisotopic (exact) mass is 301 g/mol. The molecule has 5 heteroatoms. The van der Waals surface area contributed by atoms with Crippen molar-refractivity contribution in [2.24, 2.45) is 0 Å². The zero-order chi connectivity index (χ0) is 12.3. The van der Waals surface area contributed by atoms with Gasteiger partial charge >= 0.3 is 0 Å². The van der Waals surface area contributed by atoms with E-state index in [-0.39, 0.29) is 5.82 Å². The van der Waals surface area contributed by atoms with E-state index in [0.29, 0.717) is 10.5 Å². The average molecular weight is 302 g/mol. The number of hydrogen-bond donors (Lipinski definition) is 1. The van der Waals surface area contributed by atoms with E-state index >= 15 is 0 Å². The predicted molar refractivity (Wildman–Crippen MR) is 69.1 cm³/mol. The normalized spacial score (nSPS) is 22.4. The highest BCUT2D eigenvalue weighted by Gasteiger charge is 2.20. The van der Waals surface area contributed by atoms with Crippen molar-refractivity contribution < 1.29 is 4.39 Å². The van der Waals surface area contributed by atoms with E-state index in [1.165, 1.54) is 12.8 Å². The lowest BCUT2D eigenvalue weighted by molar-refractivity contribution is 0.207. The third-order valence-corrected chi connectivity index (χ3v) is 3.86. The molecule has 0 aromatic carbocycles. The zero-order valence-electron chi connectivity index (χ0n) is 9.92. The number of nitrogens with one attached hydrogen (secondary N) is 1. The van der Waals surface area contributed by atoms with Gasteiger partial charge in [0.2, 0.25) is 0 Å². The maximum Gasteiger partial charge on any atom is 0.156 e. The van der Waals surface area contributed by atoms with Crippen molar-refractivity contribution in [3.05, 3.63) is 28.2 Å². The van der Waals surface area contributed by atoms with Gasteiger partial charge in [-0.25, -0.2) is 14.4 Å². The minimum absolute atomic E-state index is 0.275. The Kier molecular flexibility index (Phi) is 4.48. The van der Waals surface area contributed by atoms with Crippen molar-refractivity contribution >= 4 is 15.9 Å². The standard InChI is InChI=1S/C12H17BrFN3/c1-15-17-5-3-2-4-9(8-17)10-6-11(14)12(13)16-7-10/h6-7,9,15H,2-5,8H2,1H3/t9-/m0/s1. The van der Waals surface area contributed by atoms with Gasteiger partial charge in [0.05, 0.1) is 0 Å². The summed E-state index contributed by atoms with van der Waals surface area (Å²) in [6, 6.07) is 1.60. The summed E-state index contributed by atoms with van der Waals surface area (Å²) in [4.78, 5) is 4.04. The number of rotatable bonds is 2. The molecule has 1 fully saturated rings. The second-order valence-corrected chi connectivity index (χ2v) is 5.15. The molecule has 0 radical (unpaired) electrons. The van der Waals surface area contributed by atoms with Gasteiger partial charge in [0, 0.05) is 19.3 Å². The van der Waals surface area contributed by atoms with Gasteiger partial charge in [-0.1, -0.05) is 6.42 Å². The molecule has 2 heterocycles. The molecule has 2 rings (SSSR count). The van der Waals surface area contributed by atoms with Crippen molar-refractivity contribution in [2.45, 2.75) is 25.2 Å². The van der Waals surface area contributed by atoms with Crippen LogP contribution in [0.2, 0.25) is 0 Å². The van der Waals surface area contributed by atoms with Crippen LogP contribution in [-0.2, 0) is 0 Å². The Bertz CT molecular complexity index is 386. The molecule has 1 aliphatic heterocycles.